The minimum Gasteiger partial charge on any atom is -0.248 e. The molecule has 0 saturated carbocycles. The van der Waals surface area contributed by atoms with Gasteiger partial charge in [-0.3, -0.25) is 0 Å². The van der Waals surface area contributed by atoms with Gasteiger partial charge in [0.2, 0.25) is 0 Å². The summed E-state index contributed by atoms with van der Waals surface area (Å²) in [6.07, 6.45) is 0. The molecule has 2 aromatic rings. The van der Waals surface area contributed by atoms with E-state index in [9.17, 15) is 12.8 Å². The van der Waals surface area contributed by atoms with Gasteiger partial charge in [0.25, 0.3) is 14.2 Å². The summed E-state index contributed by atoms with van der Waals surface area (Å²) in [4.78, 5) is 3.65. The first-order chi connectivity index (χ1) is 7.88. The van der Waals surface area contributed by atoms with Crippen LogP contribution in [-0.4, -0.2) is 23.6 Å². The van der Waals surface area contributed by atoms with Gasteiger partial charge < -0.3 is 0 Å². The van der Waals surface area contributed by atoms with E-state index in [1.807, 2.05) is 0 Å². The molecule has 0 aliphatic heterocycles. The molecule has 0 atom stereocenters. The highest BCUT2D eigenvalue weighted by atomic mass is 35.7. The standard InChI is InChI=1S/C8H4Cl2FN3O2S/c9-6-3-4(11)1-2-5(6)7-12-8(14-13-7)17(10,15)16/h1-3H,(H,12,13,14). The van der Waals surface area contributed by atoms with Crippen molar-refractivity contribution in [3.05, 3.63) is 29.0 Å². The van der Waals surface area contributed by atoms with Gasteiger partial charge in [0.15, 0.2) is 5.82 Å². The van der Waals surface area contributed by atoms with Crippen molar-refractivity contribution in [1.82, 2.24) is 15.2 Å². The van der Waals surface area contributed by atoms with Crippen LogP contribution in [-0.2, 0) is 9.05 Å². The zero-order valence-corrected chi connectivity index (χ0v) is 10.3. The van der Waals surface area contributed by atoms with Crippen molar-refractivity contribution in [1.29, 1.82) is 0 Å². The van der Waals surface area contributed by atoms with E-state index in [1.54, 1.807) is 0 Å². The number of aromatic amines is 1. The summed E-state index contributed by atoms with van der Waals surface area (Å²) in [6.45, 7) is 0. The fourth-order valence-corrected chi connectivity index (χ4v) is 1.96. The van der Waals surface area contributed by atoms with E-state index in [-0.39, 0.29) is 10.8 Å². The van der Waals surface area contributed by atoms with Gasteiger partial charge in [0, 0.05) is 16.2 Å². The molecule has 0 spiro atoms. The zero-order chi connectivity index (χ0) is 12.6. The Bertz CT molecular complexity index is 671. The maximum atomic E-state index is 12.8. The average molecular weight is 296 g/mol. The number of hydrogen-bond donors (Lipinski definition) is 1. The highest BCUT2D eigenvalue weighted by Crippen LogP contribution is 2.26. The Morgan fingerprint density at radius 3 is 2.59 bits per heavy atom. The van der Waals surface area contributed by atoms with Crippen LogP contribution >= 0.6 is 22.3 Å². The SMILES string of the molecule is O=S(=O)(Cl)c1nc(-c2ccc(F)cc2Cl)n[nH]1. The van der Waals surface area contributed by atoms with Crippen LogP contribution in [0, 0.1) is 5.82 Å². The second-order valence-corrected chi connectivity index (χ2v) is 5.91. The first kappa shape index (κ1) is 12.3. The second-order valence-electron chi connectivity index (χ2n) is 3.03. The Morgan fingerprint density at radius 2 is 2.06 bits per heavy atom. The maximum absolute atomic E-state index is 12.8. The molecule has 5 nitrogen and oxygen atoms in total. The minimum absolute atomic E-state index is 0.0224. The predicted molar refractivity (Wildman–Crippen MR) is 59.8 cm³/mol. The molecule has 1 aromatic heterocycles. The van der Waals surface area contributed by atoms with Crippen molar-refractivity contribution in [2.45, 2.75) is 5.16 Å². The molecule has 0 amide bonds. The first-order valence-electron chi connectivity index (χ1n) is 4.20. The Morgan fingerprint density at radius 1 is 1.35 bits per heavy atom. The van der Waals surface area contributed by atoms with Crippen molar-refractivity contribution in [2.75, 3.05) is 0 Å². The number of aromatic nitrogens is 3. The average Bonchev–Trinajstić information content (AvgIpc) is 2.65. The lowest BCUT2D eigenvalue weighted by molar-refractivity contribution is 0.602. The number of nitrogens with one attached hydrogen (secondary N) is 1. The molecular weight excluding hydrogens is 292 g/mol. The Labute approximate surface area is 105 Å². The lowest BCUT2D eigenvalue weighted by atomic mass is 10.2. The van der Waals surface area contributed by atoms with Crippen molar-refractivity contribution in [3.63, 3.8) is 0 Å². The number of benzene rings is 1. The van der Waals surface area contributed by atoms with Crippen LogP contribution in [0.4, 0.5) is 4.39 Å². The van der Waals surface area contributed by atoms with Crippen molar-refractivity contribution >= 4 is 31.3 Å². The third-order valence-corrected chi connectivity index (χ3v) is 3.26. The molecule has 2 rings (SSSR count). The number of hydrogen-bond acceptors (Lipinski definition) is 4. The highest BCUT2D eigenvalue weighted by Gasteiger charge is 2.18. The van der Waals surface area contributed by atoms with E-state index in [2.05, 4.69) is 15.2 Å². The van der Waals surface area contributed by atoms with Crippen LogP contribution in [0.3, 0.4) is 0 Å². The summed E-state index contributed by atoms with van der Waals surface area (Å²) in [5.74, 6) is -0.492. The van der Waals surface area contributed by atoms with Gasteiger partial charge in [0.1, 0.15) is 5.82 Å². The number of nitrogens with zero attached hydrogens (tertiary/aromatic N) is 2. The smallest absolute Gasteiger partial charge is 0.248 e. The largest absolute Gasteiger partial charge is 0.296 e. The molecule has 0 saturated heterocycles. The van der Waals surface area contributed by atoms with Gasteiger partial charge in [-0.25, -0.2) is 17.9 Å². The monoisotopic (exact) mass is 295 g/mol. The molecule has 90 valence electrons. The molecule has 0 aliphatic rings. The molecule has 1 N–H and O–H groups in total. The maximum Gasteiger partial charge on any atom is 0.296 e. The van der Waals surface area contributed by atoms with Crippen molar-refractivity contribution in [2.24, 2.45) is 0 Å². The lowest BCUT2D eigenvalue weighted by Crippen LogP contribution is -1.92. The van der Waals surface area contributed by atoms with Crippen LogP contribution in [0.5, 0.6) is 0 Å². The molecule has 0 radical (unpaired) electrons. The third-order valence-electron chi connectivity index (χ3n) is 1.87. The minimum atomic E-state index is -3.99. The van der Waals surface area contributed by atoms with Crippen LogP contribution in [0.15, 0.2) is 23.4 Å². The first-order valence-corrected chi connectivity index (χ1v) is 6.89. The summed E-state index contributed by atoms with van der Waals surface area (Å²) in [6, 6.07) is 3.57. The molecule has 0 aliphatic carbocycles. The normalized spacial score (nSPS) is 11.7. The summed E-state index contributed by atoms with van der Waals surface area (Å²) in [7, 11) is 1.08. The van der Waals surface area contributed by atoms with Crippen LogP contribution in [0.25, 0.3) is 11.4 Å². The second kappa shape index (κ2) is 4.25. The summed E-state index contributed by atoms with van der Waals surface area (Å²) in [5, 5.41) is 5.37. The molecule has 0 bridgehead atoms. The quantitative estimate of drug-likeness (QED) is 0.862. The van der Waals surface area contributed by atoms with E-state index < -0.39 is 20.0 Å². The number of halogens is 3. The van der Waals surface area contributed by atoms with Gasteiger partial charge in [0.05, 0.1) is 5.02 Å². The molecule has 0 fully saturated rings. The van der Waals surface area contributed by atoms with Crippen molar-refractivity contribution < 1.29 is 12.8 Å². The van der Waals surface area contributed by atoms with Gasteiger partial charge in [-0.15, -0.1) is 0 Å². The van der Waals surface area contributed by atoms with E-state index in [0.717, 1.165) is 12.1 Å². The molecule has 9 heteroatoms. The summed E-state index contributed by atoms with van der Waals surface area (Å²) in [5.41, 5.74) is 0.302. The summed E-state index contributed by atoms with van der Waals surface area (Å²) >= 11 is 5.77. The number of H-pyrrole nitrogens is 1. The predicted octanol–water partition coefficient (Wildman–Crippen LogP) is 2.19. The van der Waals surface area contributed by atoms with Gasteiger partial charge in [-0.05, 0) is 18.2 Å². The van der Waals surface area contributed by atoms with Crippen molar-refractivity contribution in [3.8, 4) is 11.4 Å². The molecular formula is C8H4Cl2FN3O2S. The van der Waals surface area contributed by atoms with Crippen LogP contribution in [0.1, 0.15) is 0 Å². The van der Waals surface area contributed by atoms with E-state index in [1.165, 1.54) is 6.07 Å². The van der Waals surface area contributed by atoms with E-state index >= 15 is 0 Å². The molecule has 1 aromatic carbocycles. The molecule has 0 unspecified atom stereocenters. The van der Waals surface area contributed by atoms with Gasteiger partial charge in [-0.1, -0.05) is 11.6 Å². The molecule has 17 heavy (non-hydrogen) atoms. The zero-order valence-electron chi connectivity index (χ0n) is 7.99. The summed E-state index contributed by atoms with van der Waals surface area (Å²) < 4.78 is 34.7. The van der Waals surface area contributed by atoms with Gasteiger partial charge >= 0.3 is 0 Å². The molecule has 1 heterocycles. The fraction of sp³-hybridized carbons (Fsp3) is 0. The Kier molecular flexibility index (Phi) is 3.07. The lowest BCUT2D eigenvalue weighted by Gasteiger charge is -1.98. The van der Waals surface area contributed by atoms with Crippen LogP contribution < -0.4 is 0 Å². The van der Waals surface area contributed by atoms with Crippen LogP contribution in [0.2, 0.25) is 5.02 Å². The number of rotatable bonds is 2. The topological polar surface area (TPSA) is 75.7 Å². The van der Waals surface area contributed by atoms with E-state index in [0.29, 0.717) is 5.56 Å². The fourth-order valence-electron chi connectivity index (χ4n) is 1.15. The van der Waals surface area contributed by atoms with E-state index in [4.69, 9.17) is 22.3 Å². The Balaban J connectivity index is 2.51. The Hall–Kier alpha value is -1.18. The highest BCUT2D eigenvalue weighted by molar-refractivity contribution is 8.13. The van der Waals surface area contributed by atoms with Gasteiger partial charge in [-0.2, -0.15) is 10.1 Å². The third kappa shape index (κ3) is 2.56.